The summed E-state index contributed by atoms with van der Waals surface area (Å²) in [5, 5.41) is 2.60. The molecular weight excluding hydrogens is 272 g/mol. The van der Waals surface area contributed by atoms with E-state index in [0.717, 1.165) is 5.56 Å². The first-order valence-electron chi connectivity index (χ1n) is 6.09. The molecule has 0 spiro atoms. The Morgan fingerprint density at radius 1 is 0.895 bits per heavy atom. The van der Waals surface area contributed by atoms with Crippen molar-refractivity contribution in [3.63, 3.8) is 0 Å². The maximum atomic E-state index is 11.5. The number of Topliss-reactive ketones (excluding diaryl/α,β-unsaturated/α-hetero) is 1. The molecule has 19 heavy (non-hydrogen) atoms. The Balaban J connectivity index is 2.15. The van der Waals surface area contributed by atoms with Gasteiger partial charge in [-0.05, 0) is 19.1 Å². The van der Waals surface area contributed by atoms with Crippen molar-refractivity contribution in [3.8, 4) is 0 Å². The standard InChI is InChI=1S/C16H10OS2/c1-9(17)10-6-7-12-14(8-10)19-15-11-4-2-3-5-13(11)18-16(12)15/h2-8H,1H3. The van der Waals surface area contributed by atoms with Crippen LogP contribution < -0.4 is 0 Å². The van der Waals surface area contributed by atoms with Gasteiger partial charge in [0, 0.05) is 25.7 Å². The van der Waals surface area contributed by atoms with Crippen molar-refractivity contribution in [2.24, 2.45) is 0 Å². The van der Waals surface area contributed by atoms with E-state index in [2.05, 4.69) is 30.3 Å². The van der Waals surface area contributed by atoms with Crippen LogP contribution in [0.25, 0.3) is 29.6 Å². The van der Waals surface area contributed by atoms with Gasteiger partial charge in [0.05, 0.1) is 9.40 Å². The third-order valence-electron chi connectivity index (χ3n) is 3.39. The third kappa shape index (κ3) is 1.55. The van der Waals surface area contributed by atoms with Crippen molar-refractivity contribution >= 4 is 58.0 Å². The molecule has 0 saturated heterocycles. The molecule has 1 nitrogen and oxygen atoms in total. The molecule has 92 valence electrons. The minimum Gasteiger partial charge on any atom is -0.295 e. The summed E-state index contributed by atoms with van der Waals surface area (Å²) >= 11 is 3.63. The number of thiophene rings is 2. The predicted molar refractivity (Wildman–Crippen MR) is 84.7 cm³/mol. The van der Waals surface area contributed by atoms with Gasteiger partial charge in [-0.25, -0.2) is 0 Å². The number of hydrogen-bond donors (Lipinski definition) is 0. The highest BCUT2D eigenvalue weighted by Gasteiger charge is 2.12. The van der Waals surface area contributed by atoms with Crippen molar-refractivity contribution in [2.45, 2.75) is 6.92 Å². The van der Waals surface area contributed by atoms with Gasteiger partial charge >= 0.3 is 0 Å². The summed E-state index contributed by atoms with van der Waals surface area (Å²) in [6.07, 6.45) is 0. The summed E-state index contributed by atoms with van der Waals surface area (Å²) in [6, 6.07) is 14.5. The summed E-state index contributed by atoms with van der Waals surface area (Å²) in [4.78, 5) is 11.5. The molecular formula is C16H10OS2. The number of carbonyl (C=O) groups excluding carboxylic acids is 1. The summed E-state index contributed by atoms with van der Waals surface area (Å²) in [6.45, 7) is 1.62. The molecule has 0 atom stereocenters. The second-order valence-electron chi connectivity index (χ2n) is 4.63. The summed E-state index contributed by atoms with van der Waals surface area (Å²) < 4.78 is 5.23. The van der Waals surface area contributed by atoms with Crippen LogP contribution in [0.4, 0.5) is 0 Å². The van der Waals surface area contributed by atoms with Crippen LogP contribution in [0.1, 0.15) is 17.3 Å². The van der Waals surface area contributed by atoms with Gasteiger partial charge in [0.25, 0.3) is 0 Å². The molecule has 0 saturated carbocycles. The number of fused-ring (bicyclic) bond motifs is 5. The first kappa shape index (κ1) is 11.1. The average Bonchev–Trinajstić information content (AvgIpc) is 2.93. The van der Waals surface area contributed by atoms with E-state index in [9.17, 15) is 4.79 Å². The van der Waals surface area contributed by atoms with E-state index in [4.69, 9.17) is 0 Å². The van der Waals surface area contributed by atoms with Crippen molar-refractivity contribution < 1.29 is 4.79 Å². The summed E-state index contributed by atoms with van der Waals surface area (Å²) in [7, 11) is 0. The Hall–Kier alpha value is -1.71. The molecule has 4 aromatic rings. The lowest BCUT2D eigenvalue weighted by Crippen LogP contribution is -1.89. The highest BCUT2D eigenvalue weighted by atomic mass is 32.1. The zero-order chi connectivity index (χ0) is 13.0. The molecule has 2 aromatic carbocycles. The third-order valence-corrected chi connectivity index (χ3v) is 5.91. The van der Waals surface area contributed by atoms with Crippen LogP contribution in [0.3, 0.4) is 0 Å². The van der Waals surface area contributed by atoms with Crippen molar-refractivity contribution in [1.29, 1.82) is 0 Å². The van der Waals surface area contributed by atoms with Crippen LogP contribution in [0.15, 0.2) is 42.5 Å². The van der Waals surface area contributed by atoms with Crippen molar-refractivity contribution in [3.05, 3.63) is 48.0 Å². The summed E-state index contributed by atoms with van der Waals surface area (Å²) in [5.41, 5.74) is 0.797. The molecule has 0 unspecified atom stereocenters. The van der Waals surface area contributed by atoms with Crippen LogP contribution in [0.2, 0.25) is 0 Å². The number of carbonyl (C=O) groups is 1. The first-order valence-corrected chi connectivity index (χ1v) is 7.72. The van der Waals surface area contributed by atoms with Gasteiger partial charge in [0.15, 0.2) is 5.78 Å². The fraction of sp³-hybridized carbons (Fsp3) is 0.0625. The van der Waals surface area contributed by atoms with Crippen LogP contribution >= 0.6 is 22.7 Å². The van der Waals surface area contributed by atoms with Gasteiger partial charge in [0.2, 0.25) is 0 Å². The molecule has 2 heterocycles. The minimum absolute atomic E-state index is 0.128. The number of benzene rings is 2. The van der Waals surface area contributed by atoms with E-state index in [1.54, 1.807) is 18.3 Å². The highest BCUT2D eigenvalue weighted by molar-refractivity contribution is 7.36. The van der Waals surface area contributed by atoms with E-state index >= 15 is 0 Å². The SMILES string of the molecule is CC(=O)c1ccc2c(c1)sc1c3ccccc3sc21. The zero-order valence-corrected chi connectivity index (χ0v) is 11.9. The normalized spacial score (nSPS) is 11.6. The molecule has 0 N–H and O–H groups in total. The minimum atomic E-state index is 0.128. The fourth-order valence-electron chi connectivity index (χ4n) is 2.42. The Morgan fingerprint density at radius 2 is 1.58 bits per heavy atom. The van der Waals surface area contributed by atoms with E-state index in [1.807, 2.05) is 23.5 Å². The predicted octanol–water partition coefficient (Wildman–Crippen LogP) is 5.47. The van der Waals surface area contributed by atoms with Crippen molar-refractivity contribution in [1.82, 2.24) is 0 Å². The van der Waals surface area contributed by atoms with Gasteiger partial charge < -0.3 is 0 Å². The molecule has 0 aliphatic rings. The lowest BCUT2D eigenvalue weighted by Gasteiger charge is -1.95. The van der Waals surface area contributed by atoms with Gasteiger partial charge in [-0.2, -0.15) is 0 Å². The molecule has 0 amide bonds. The highest BCUT2D eigenvalue weighted by Crippen LogP contribution is 2.44. The molecule has 0 fully saturated rings. The molecule has 3 heteroatoms. The van der Waals surface area contributed by atoms with E-state index in [-0.39, 0.29) is 5.78 Å². The lowest BCUT2D eigenvalue weighted by atomic mass is 10.1. The number of hydrogen-bond acceptors (Lipinski definition) is 3. The average molecular weight is 282 g/mol. The zero-order valence-electron chi connectivity index (χ0n) is 10.3. The lowest BCUT2D eigenvalue weighted by molar-refractivity contribution is 0.101. The van der Waals surface area contributed by atoms with Gasteiger partial charge in [-0.1, -0.05) is 30.3 Å². The van der Waals surface area contributed by atoms with Crippen LogP contribution in [-0.2, 0) is 0 Å². The van der Waals surface area contributed by atoms with E-state index < -0.39 is 0 Å². The van der Waals surface area contributed by atoms with Crippen LogP contribution in [0, 0.1) is 0 Å². The van der Waals surface area contributed by atoms with E-state index in [0.29, 0.717) is 0 Å². The van der Waals surface area contributed by atoms with Gasteiger partial charge in [-0.3, -0.25) is 4.79 Å². The Labute approximate surface area is 118 Å². The molecule has 0 aliphatic carbocycles. The molecule has 0 bridgehead atoms. The quantitative estimate of drug-likeness (QED) is 0.423. The second-order valence-corrected chi connectivity index (χ2v) is 6.73. The number of rotatable bonds is 1. The fourth-order valence-corrected chi connectivity index (χ4v) is 5.12. The maximum absolute atomic E-state index is 11.5. The van der Waals surface area contributed by atoms with Crippen molar-refractivity contribution in [2.75, 3.05) is 0 Å². The van der Waals surface area contributed by atoms with Gasteiger partial charge in [0.1, 0.15) is 0 Å². The first-order chi connectivity index (χ1) is 9.24. The van der Waals surface area contributed by atoms with Gasteiger partial charge in [-0.15, -0.1) is 22.7 Å². The molecule has 0 aliphatic heterocycles. The second kappa shape index (κ2) is 3.89. The molecule has 0 radical (unpaired) electrons. The molecule has 2 aromatic heterocycles. The monoisotopic (exact) mass is 282 g/mol. The topological polar surface area (TPSA) is 17.1 Å². The largest absolute Gasteiger partial charge is 0.295 e. The van der Waals surface area contributed by atoms with Crippen LogP contribution in [0.5, 0.6) is 0 Å². The van der Waals surface area contributed by atoms with Crippen LogP contribution in [-0.4, -0.2) is 5.78 Å². The maximum Gasteiger partial charge on any atom is 0.159 e. The summed E-state index contributed by atoms with van der Waals surface area (Å²) in [5.74, 6) is 0.128. The Morgan fingerprint density at radius 3 is 2.37 bits per heavy atom. The smallest absolute Gasteiger partial charge is 0.159 e. The number of ketones is 1. The van der Waals surface area contributed by atoms with E-state index in [1.165, 1.54) is 29.6 Å². The Bertz CT molecular complexity index is 943. The Kier molecular flexibility index (Phi) is 2.28. The molecule has 4 rings (SSSR count).